The van der Waals surface area contributed by atoms with Crippen LogP contribution in [-0.2, 0) is 10.0 Å². The van der Waals surface area contributed by atoms with Crippen molar-refractivity contribution in [3.8, 4) is 0 Å². The van der Waals surface area contributed by atoms with Crippen LogP contribution in [0.5, 0.6) is 0 Å². The second kappa shape index (κ2) is 5.27. The summed E-state index contributed by atoms with van der Waals surface area (Å²) in [5.41, 5.74) is 0. The van der Waals surface area contributed by atoms with E-state index in [4.69, 9.17) is 0 Å². The predicted molar refractivity (Wildman–Crippen MR) is 60.0 cm³/mol. The number of aliphatic hydroxyl groups is 1. The van der Waals surface area contributed by atoms with Crippen molar-refractivity contribution < 1.29 is 13.5 Å². The quantitative estimate of drug-likeness (QED) is 0.683. The van der Waals surface area contributed by atoms with Crippen LogP contribution in [0.25, 0.3) is 0 Å². The van der Waals surface area contributed by atoms with Crippen LogP contribution in [0.4, 0.5) is 0 Å². The third kappa shape index (κ3) is 5.49. The second-order valence-electron chi connectivity index (χ2n) is 4.75. The van der Waals surface area contributed by atoms with Gasteiger partial charge in [-0.2, -0.15) is 0 Å². The zero-order valence-electron chi connectivity index (χ0n) is 9.44. The summed E-state index contributed by atoms with van der Waals surface area (Å²) in [5.74, 6) is 0.856. The minimum atomic E-state index is -3.19. The van der Waals surface area contributed by atoms with Crippen LogP contribution in [0.1, 0.15) is 33.1 Å². The van der Waals surface area contributed by atoms with E-state index < -0.39 is 16.1 Å². The van der Waals surface area contributed by atoms with Crippen LogP contribution < -0.4 is 4.72 Å². The molecular formula is C10H21NO3S. The summed E-state index contributed by atoms with van der Waals surface area (Å²) in [6.45, 7) is 4.16. The Balaban J connectivity index is 2.22. The monoisotopic (exact) mass is 235 g/mol. The van der Waals surface area contributed by atoms with Crippen LogP contribution in [-0.4, -0.2) is 31.9 Å². The summed E-state index contributed by atoms with van der Waals surface area (Å²) in [4.78, 5) is 0. The van der Waals surface area contributed by atoms with Gasteiger partial charge >= 0.3 is 0 Å². The van der Waals surface area contributed by atoms with Gasteiger partial charge < -0.3 is 5.11 Å². The topological polar surface area (TPSA) is 66.4 Å². The number of hydrogen-bond acceptors (Lipinski definition) is 3. The van der Waals surface area contributed by atoms with E-state index in [-0.39, 0.29) is 12.3 Å². The van der Waals surface area contributed by atoms with Gasteiger partial charge in [0.25, 0.3) is 0 Å². The van der Waals surface area contributed by atoms with Crippen LogP contribution >= 0.6 is 0 Å². The first-order valence-corrected chi connectivity index (χ1v) is 7.21. The molecule has 1 aliphatic rings. The number of hydrogen-bond donors (Lipinski definition) is 2. The highest BCUT2D eigenvalue weighted by molar-refractivity contribution is 7.89. The molecule has 0 spiro atoms. The van der Waals surface area contributed by atoms with Gasteiger partial charge in [0.1, 0.15) is 0 Å². The Morgan fingerprint density at radius 2 is 2.00 bits per heavy atom. The van der Waals surface area contributed by atoms with Gasteiger partial charge in [-0.15, -0.1) is 0 Å². The van der Waals surface area contributed by atoms with Gasteiger partial charge in [-0.1, -0.05) is 13.8 Å². The fourth-order valence-corrected chi connectivity index (χ4v) is 2.67. The third-order valence-electron chi connectivity index (χ3n) is 2.64. The maximum atomic E-state index is 11.5. The predicted octanol–water partition coefficient (Wildman–Crippen LogP) is 0.723. The molecule has 0 aliphatic heterocycles. The highest BCUT2D eigenvalue weighted by Gasteiger charge is 2.30. The lowest BCUT2D eigenvalue weighted by Gasteiger charge is -2.11. The van der Waals surface area contributed by atoms with Crippen molar-refractivity contribution in [3.05, 3.63) is 0 Å². The van der Waals surface area contributed by atoms with Crippen LogP contribution in [0.3, 0.4) is 0 Å². The Morgan fingerprint density at radius 3 is 2.47 bits per heavy atom. The summed E-state index contributed by atoms with van der Waals surface area (Å²) in [6.07, 6.45) is 2.21. The van der Waals surface area contributed by atoms with Gasteiger partial charge in [-0.25, -0.2) is 13.1 Å². The lowest BCUT2D eigenvalue weighted by atomic mass is 10.2. The highest BCUT2D eigenvalue weighted by Crippen LogP contribution is 2.32. The number of nitrogens with one attached hydrogen (secondary N) is 1. The summed E-state index contributed by atoms with van der Waals surface area (Å²) in [7, 11) is -3.19. The van der Waals surface area contributed by atoms with E-state index in [1.54, 1.807) is 0 Å². The van der Waals surface area contributed by atoms with Crippen LogP contribution in [0.2, 0.25) is 0 Å². The van der Waals surface area contributed by atoms with E-state index in [1.807, 2.05) is 13.8 Å². The summed E-state index contributed by atoms with van der Waals surface area (Å²) >= 11 is 0. The van der Waals surface area contributed by atoms with Gasteiger partial charge in [0.2, 0.25) is 10.0 Å². The van der Waals surface area contributed by atoms with Gasteiger partial charge in [0.05, 0.1) is 11.9 Å². The SMILES string of the molecule is CC(C)CCS(=O)(=O)NCC(O)C1CC1. The molecule has 0 saturated heterocycles. The zero-order chi connectivity index (χ0) is 11.5. The molecule has 4 nitrogen and oxygen atoms in total. The molecule has 1 fully saturated rings. The molecule has 0 aromatic rings. The fraction of sp³-hybridized carbons (Fsp3) is 1.00. The molecule has 0 amide bonds. The van der Waals surface area contributed by atoms with Crippen molar-refractivity contribution in [3.63, 3.8) is 0 Å². The molecule has 0 heterocycles. The largest absolute Gasteiger partial charge is 0.391 e. The molecule has 2 N–H and O–H groups in total. The van der Waals surface area contributed by atoms with E-state index in [2.05, 4.69) is 4.72 Å². The van der Waals surface area contributed by atoms with Crippen LogP contribution in [0.15, 0.2) is 0 Å². The lowest BCUT2D eigenvalue weighted by Crippen LogP contribution is -2.34. The van der Waals surface area contributed by atoms with Gasteiger partial charge in [-0.05, 0) is 31.1 Å². The maximum absolute atomic E-state index is 11.5. The van der Waals surface area contributed by atoms with Crippen molar-refractivity contribution in [1.29, 1.82) is 0 Å². The Morgan fingerprint density at radius 1 is 1.40 bits per heavy atom. The normalized spacial score (nSPS) is 19.5. The molecule has 1 aliphatic carbocycles. The molecule has 90 valence electrons. The molecule has 1 saturated carbocycles. The number of rotatable bonds is 7. The van der Waals surface area contributed by atoms with Crippen molar-refractivity contribution in [2.24, 2.45) is 11.8 Å². The Hall–Kier alpha value is -0.130. The molecule has 15 heavy (non-hydrogen) atoms. The Bertz CT molecular complexity index is 283. The summed E-state index contributed by atoms with van der Waals surface area (Å²) < 4.78 is 25.4. The van der Waals surface area contributed by atoms with Crippen molar-refractivity contribution in [2.45, 2.75) is 39.2 Å². The minimum absolute atomic E-state index is 0.155. The molecular weight excluding hydrogens is 214 g/mol. The zero-order valence-corrected chi connectivity index (χ0v) is 10.3. The molecule has 0 aromatic heterocycles. The smallest absolute Gasteiger partial charge is 0.211 e. The average Bonchev–Trinajstić information content (AvgIpc) is 2.94. The van der Waals surface area contributed by atoms with Gasteiger partial charge in [-0.3, -0.25) is 0 Å². The number of aliphatic hydroxyl groups excluding tert-OH is 1. The maximum Gasteiger partial charge on any atom is 0.211 e. The van der Waals surface area contributed by atoms with E-state index in [1.165, 1.54) is 0 Å². The molecule has 1 atom stereocenters. The molecule has 1 unspecified atom stereocenters. The first-order chi connectivity index (χ1) is 6.91. The van der Waals surface area contributed by atoms with Crippen molar-refractivity contribution >= 4 is 10.0 Å². The standard InChI is InChI=1S/C10H21NO3S/c1-8(2)5-6-15(13,14)11-7-10(12)9-3-4-9/h8-12H,3-7H2,1-2H3. The van der Waals surface area contributed by atoms with Gasteiger partial charge in [0.15, 0.2) is 0 Å². The molecule has 1 rings (SSSR count). The fourth-order valence-electron chi connectivity index (χ4n) is 1.32. The molecule has 0 bridgehead atoms. The van der Waals surface area contributed by atoms with E-state index in [0.29, 0.717) is 18.3 Å². The Labute approximate surface area is 92.1 Å². The first-order valence-electron chi connectivity index (χ1n) is 5.56. The van der Waals surface area contributed by atoms with Crippen molar-refractivity contribution in [1.82, 2.24) is 4.72 Å². The molecule has 5 heteroatoms. The third-order valence-corrected chi connectivity index (χ3v) is 4.02. The van der Waals surface area contributed by atoms with Crippen LogP contribution in [0, 0.1) is 11.8 Å². The Kier molecular flexibility index (Phi) is 4.55. The van der Waals surface area contributed by atoms with E-state index >= 15 is 0 Å². The number of sulfonamides is 1. The van der Waals surface area contributed by atoms with E-state index in [0.717, 1.165) is 12.8 Å². The van der Waals surface area contributed by atoms with Crippen molar-refractivity contribution in [2.75, 3.05) is 12.3 Å². The van der Waals surface area contributed by atoms with E-state index in [9.17, 15) is 13.5 Å². The lowest BCUT2D eigenvalue weighted by molar-refractivity contribution is 0.155. The minimum Gasteiger partial charge on any atom is -0.391 e. The summed E-state index contributed by atoms with van der Waals surface area (Å²) in [6, 6.07) is 0. The van der Waals surface area contributed by atoms with Gasteiger partial charge in [0, 0.05) is 6.54 Å². The summed E-state index contributed by atoms with van der Waals surface area (Å²) in [5, 5.41) is 9.50. The molecule has 0 radical (unpaired) electrons. The first kappa shape index (κ1) is 12.9. The second-order valence-corrected chi connectivity index (χ2v) is 6.68. The molecule has 0 aromatic carbocycles. The average molecular weight is 235 g/mol. The highest BCUT2D eigenvalue weighted by atomic mass is 32.2.